The molecule has 6 heteroatoms. The number of benzene rings is 1. The minimum absolute atomic E-state index is 0.0387. The summed E-state index contributed by atoms with van der Waals surface area (Å²) in [7, 11) is 0. The van der Waals surface area contributed by atoms with Crippen LogP contribution in [0.4, 0.5) is 0 Å². The molecule has 0 amide bonds. The zero-order valence-electron chi connectivity index (χ0n) is 16.5. The Hall–Kier alpha value is -2.30. The van der Waals surface area contributed by atoms with Gasteiger partial charge in [0.2, 0.25) is 5.88 Å². The van der Waals surface area contributed by atoms with Gasteiger partial charge in [0, 0.05) is 6.20 Å². The molecule has 4 rings (SSSR count). The number of aliphatic hydroxyl groups excluding tert-OH is 1. The number of hydrogen-bond acceptors (Lipinski definition) is 4. The number of nitrogens with zero attached hydrogens (tertiary/aromatic N) is 1. The Morgan fingerprint density at radius 3 is 2.72 bits per heavy atom. The maximum Gasteiger partial charge on any atom is 0.238 e. The molecule has 29 heavy (non-hydrogen) atoms. The predicted octanol–water partition coefficient (Wildman–Crippen LogP) is 6.71. The van der Waals surface area contributed by atoms with Crippen LogP contribution in [0, 0.1) is 5.41 Å². The van der Waals surface area contributed by atoms with Gasteiger partial charge >= 0.3 is 0 Å². The molecule has 0 spiro atoms. The molecule has 1 heterocycles. The molecule has 0 aliphatic heterocycles. The van der Waals surface area contributed by atoms with Crippen molar-refractivity contribution in [3.63, 3.8) is 0 Å². The number of aromatic nitrogens is 1. The van der Waals surface area contributed by atoms with Gasteiger partial charge in [-0.05, 0) is 68.0 Å². The largest absolute Gasteiger partial charge is 0.507 e. The van der Waals surface area contributed by atoms with Crippen molar-refractivity contribution in [3.05, 3.63) is 68.5 Å². The number of fused-ring (bicyclic) bond motifs is 1. The van der Waals surface area contributed by atoms with E-state index in [4.69, 9.17) is 27.9 Å². The van der Waals surface area contributed by atoms with Crippen LogP contribution in [0.25, 0.3) is 5.57 Å². The summed E-state index contributed by atoms with van der Waals surface area (Å²) in [6.07, 6.45) is 3.61. The molecular formula is C23H21Cl2NO3. The Morgan fingerprint density at radius 2 is 2.03 bits per heavy atom. The van der Waals surface area contributed by atoms with Crippen LogP contribution in [-0.2, 0) is 11.2 Å². The van der Waals surface area contributed by atoms with Gasteiger partial charge in [-0.2, -0.15) is 0 Å². The molecule has 0 fully saturated rings. The van der Waals surface area contributed by atoms with Crippen molar-refractivity contribution in [3.8, 4) is 11.6 Å². The van der Waals surface area contributed by atoms with Gasteiger partial charge in [-0.3, -0.25) is 4.79 Å². The summed E-state index contributed by atoms with van der Waals surface area (Å²) < 4.78 is 5.85. The van der Waals surface area contributed by atoms with E-state index in [9.17, 15) is 9.90 Å². The van der Waals surface area contributed by atoms with Crippen LogP contribution in [-0.4, -0.2) is 15.9 Å². The van der Waals surface area contributed by atoms with Gasteiger partial charge in [0.1, 0.15) is 16.5 Å². The molecule has 2 aliphatic carbocycles. The molecule has 2 aliphatic rings. The summed E-state index contributed by atoms with van der Waals surface area (Å²) in [4.78, 5) is 17.5. The van der Waals surface area contributed by atoms with Crippen molar-refractivity contribution in [2.45, 2.75) is 40.0 Å². The third kappa shape index (κ3) is 3.15. The highest BCUT2D eigenvalue weighted by molar-refractivity contribution is 6.35. The molecule has 4 nitrogen and oxygen atoms in total. The number of aryl methyl sites for hydroxylation is 1. The van der Waals surface area contributed by atoms with Crippen molar-refractivity contribution in [2.75, 3.05) is 0 Å². The minimum Gasteiger partial charge on any atom is -0.507 e. The van der Waals surface area contributed by atoms with Crippen molar-refractivity contribution >= 4 is 34.6 Å². The lowest BCUT2D eigenvalue weighted by Crippen LogP contribution is -2.30. The molecule has 1 aromatic heterocycles. The number of aliphatic hydroxyl groups is 1. The topological polar surface area (TPSA) is 59.4 Å². The van der Waals surface area contributed by atoms with Gasteiger partial charge in [0.05, 0.1) is 16.0 Å². The molecule has 0 unspecified atom stereocenters. The number of carbonyl (C=O) groups excluding carboxylic acids is 1. The molecule has 2 aromatic rings. The van der Waals surface area contributed by atoms with E-state index in [1.54, 1.807) is 18.2 Å². The Balaban J connectivity index is 1.82. The van der Waals surface area contributed by atoms with Crippen LogP contribution >= 0.6 is 23.2 Å². The monoisotopic (exact) mass is 429 g/mol. The summed E-state index contributed by atoms with van der Waals surface area (Å²) in [6, 6.07) is 7.04. The van der Waals surface area contributed by atoms with E-state index in [0.29, 0.717) is 39.8 Å². The predicted molar refractivity (Wildman–Crippen MR) is 115 cm³/mol. The van der Waals surface area contributed by atoms with E-state index in [2.05, 4.69) is 4.98 Å². The minimum atomic E-state index is -0.556. The number of ether oxygens (including phenoxy) is 1. The van der Waals surface area contributed by atoms with Crippen LogP contribution in [0.5, 0.6) is 11.6 Å². The van der Waals surface area contributed by atoms with E-state index >= 15 is 0 Å². The second-order valence-electron chi connectivity index (χ2n) is 7.70. The summed E-state index contributed by atoms with van der Waals surface area (Å²) in [5, 5.41) is 11.7. The highest BCUT2D eigenvalue weighted by Gasteiger charge is 2.48. The van der Waals surface area contributed by atoms with Crippen LogP contribution < -0.4 is 4.74 Å². The number of hydrogen-bond donors (Lipinski definition) is 1. The zero-order valence-corrected chi connectivity index (χ0v) is 18.0. The molecule has 1 atom stereocenters. The lowest BCUT2D eigenvalue weighted by molar-refractivity contribution is -0.120. The standard InChI is InChI=1S/C23H21Cl2NO3/c1-4-13-5-6-15(29-22-18(25)9-14(24)11-26-22)10-17(13)19-20(27)16-7-8-23(3,12(16)2)21(19)28/h5-6,9-11,27H,4,7-8H2,1-3H3/t23-/m0/s1. The average molecular weight is 430 g/mol. The first-order chi connectivity index (χ1) is 13.8. The SMILES string of the molecule is CCc1ccc(Oc2ncc(Cl)cc2Cl)cc1C1=C(O)C2=C(C)[C@](C)(CC2)C1=O. The van der Waals surface area contributed by atoms with E-state index in [1.807, 2.05) is 26.8 Å². The zero-order chi connectivity index (χ0) is 20.9. The van der Waals surface area contributed by atoms with Crippen molar-refractivity contribution in [1.29, 1.82) is 0 Å². The lowest BCUT2D eigenvalue weighted by atomic mass is 9.72. The highest BCUT2D eigenvalue weighted by atomic mass is 35.5. The first kappa shape index (κ1) is 20.0. The fraction of sp³-hybridized carbons (Fsp3) is 0.304. The van der Waals surface area contributed by atoms with E-state index in [0.717, 1.165) is 23.1 Å². The number of rotatable bonds is 4. The van der Waals surface area contributed by atoms with Gasteiger partial charge in [0.15, 0.2) is 5.78 Å². The fourth-order valence-corrected chi connectivity index (χ4v) is 4.61. The molecule has 1 N–H and O–H groups in total. The van der Waals surface area contributed by atoms with E-state index in [1.165, 1.54) is 6.20 Å². The first-order valence-corrected chi connectivity index (χ1v) is 10.3. The molecule has 2 bridgehead atoms. The summed E-state index contributed by atoms with van der Waals surface area (Å²) >= 11 is 12.1. The van der Waals surface area contributed by atoms with E-state index < -0.39 is 5.41 Å². The van der Waals surface area contributed by atoms with Crippen LogP contribution in [0.15, 0.2) is 47.4 Å². The normalized spacial score (nSPS) is 21.2. The average Bonchev–Trinajstić information content (AvgIpc) is 2.95. The van der Waals surface area contributed by atoms with Crippen molar-refractivity contribution < 1.29 is 14.6 Å². The van der Waals surface area contributed by atoms with Crippen LogP contribution in [0.3, 0.4) is 0 Å². The van der Waals surface area contributed by atoms with E-state index in [-0.39, 0.29) is 17.4 Å². The Morgan fingerprint density at radius 1 is 1.28 bits per heavy atom. The lowest BCUT2D eigenvalue weighted by Gasteiger charge is -2.30. The summed E-state index contributed by atoms with van der Waals surface area (Å²) in [5.41, 5.74) is 3.34. The highest BCUT2D eigenvalue weighted by Crippen LogP contribution is 2.53. The summed E-state index contributed by atoms with van der Waals surface area (Å²) in [5.74, 6) is 0.765. The number of halogens is 2. The number of ketones is 1. The van der Waals surface area contributed by atoms with Crippen LogP contribution in [0.1, 0.15) is 44.7 Å². The molecule has 0 radical (unpaired) electrons. The number of Topliss-reactive ketones (excluding diaryl/α,β-unsaturated/α-hetero) is 1. The molecular weight excluding hydrogens is 409 g/mol. The fourth-order valence-electron chi connectivity index (χ4n) is 4.20. The van der Waals surface area contributed by atoms with Gasteiger partial charge in [-0.1, -0.05) is 41.8 Å². The maximum atomic E-state index is 13.4. The molecule has 0 saturated heterocycles. The molecule has 1 aromatic carbocycles. The van der Waals surface area contributed by atoms with Crippen LogP contribution in [0.2, 0.25) is 10.0 Å². The van der Waals surface area contributed by atoms with Gasteiger partial charge < -0.3 is 9.84 Å². The Kier molecular flexibility index (Phi) is 4.96. The third-order valence-electron chi connectivity index (χ3n) is 6.13. The van der Waals surface area contributed by atoms with Gasteiger partial charge in [0.25, 0.3) is 0 Å². The second kappa shape index (κ2) is 7.19. The second-order valence-corrected chi connectivity index (χ2v) is 8.55. The maximum absolute atomic E-state index is 13.4. The molecule has 150 valence electrons. The Labute approximate surface area is 179 Å². The first-order valence-electron chi connectivity index (χ1n) is 9.57. The number of allylic oxidation sites excluding steroid dienone is 3. The number of carbonyl (C=O) groups is 1. The molecule has 0 saturated carbocycles. The van der Waals surface area contributed by atoms with Crippen molar-refractivity contribution in [1.82, 2.24) is 4.98 Å². The summed E-state index contributed by atoms with van der Waals surface area (Å²) in [6.45, 7) is 5.93. The van der Waals surface area contributed by atoms with Crippen molar-refractivity contribution in [2.24, 2.45) is 5.41 Å². The quantitative estimate of drug-likeness (QED) is 0.586. The van der Waals surface area contributed by atoms with Gasteiger partial charge in [-0.15, -0.1) is 0 Å². The smallest absolute Gasteiger partial charge is 0.238 e. The Bertz CT molecular complexity index is 1100. The third-order valence-corrected chi connectivity index (χ3v) is 6.60. The van der Waals surface area contributed by atoms with Gasteiger partial charge in [-0.25, -0.2) is 4.98 Å². The number of pyridine rings is 1.